The fourth-order valence-electron chi connectivity index (χ4n) is 6.07. The van der Waals surface area contributed by atoms with Gasteiger partial charge in [-0.15, -0.1) is 11.3 Å². The summed E-state index contributed by atoms with van der Waals surface area (Å²) < 4.78 is 10.6. The molecule has 2 heterocycles. The minimum atomic E-state index is 0.840. The van der Waals surface area contributed by atoms with Gasteiger partial charge in [0.1, 0.15) is 5.75 Å². The first-order valence-corrected chi connectivity index (χ1v) is 14.5. The van der Waals surface area contributed by atoms with Crippen LogP contribution in [0.3, 0.4) is 0 Å². The van der Waals surface area contributed by atoms with Crippen LogP contribution in [-0.2, 0) is 0 Å². The third kappa shape index (κ3) is 3.80. The third-order valence-electron chi connectivity index (χ3n) is 7.86. The van der Waals surface area contributed by atoms with Crippen molar-refractivity contribution in [2.24, 2.45) is 0 Å². The van der Waals surface area contributed by atoms with Crippen LogP contribution in [0.1, 0.15) is 0 Å². The van der Waals surface area contributed by atoms with Crippen molar-refractivity contribution in [3.63, 3.8) is 0 Å². The van der Waals surface area contributed by atoms with Crippen molar-refractivity contribution in [1.29, 1.82) is 0 Å². The van der Waals surface area contributed by atoms with Crippen LogP contribution in [0.25, 0.3) is 47.7 Å². The lowest BCUT2D eigenvalue weighted by atomic mass is 10.1. The van der Waals surface area contributed by atoms with Gasteiger partial charge < -0.3 is 14.2 Å². The summed E-state index contributed by atoms with van der Waals surface area (Å²) in [5.41, 5.74) is 6.79. The predicted octanol–water partition coefficient (Wildman–Crippen LogP) is 10.6. The van der Waals surface area contributed by atoms with Crippen LogP contribution in [0, 0.1) is 0 Å². The highest BCUT2D eigenvalue weighted by Crippen LogP contribution is 2.45. The Morgan fingerprint density at radius 3 is 2.17 bits per heavy atom. The summed E-state index contributed by atoms with van der Waals surface area (Å²) in [6, 6.07) is 49.8. The number of methoxy groups -OCH3 is 1. The minimum Gasteiger partial charge on any atom is -0.497 e. The SMILES string of the molecule is COc1cccc(-n2c3ccccc3c3c(N(c4ccccc4)c4ccc5sc6ccccc6c5c4)cccc32)c1. The van der Waals surface area contributed by atoms with Gasteiger partial charge in [-0.25, -0.2) is 0 Å². The molecule has 41 heavy (non-hydrogen) atoms. The van der Waals surface area contributed by atoms with Gasteiger partial charge in [-0.1, -0.05) is 66.7 Å². The molecule has 2 aromatic heterocycles. The van der Waals surface area contributed by atoms with Crippen molar-refractivity contribution >= 4 is 70.4 Å². The molecule has 0 radical (unpaired) electrons. The second-order valence-corrected chi connectivity index (χ2v) is 11.3. The first kappa shape index (κ1) is 23.8. The molecule has 0 fully saturated rings. The number of nitrogens with zero attached hydrogens (tertiary/aromatic N) is 2. The Balaban J connectivity index is 1.44. The molecule has 0 N–H and O–H groups in total. The van der Waals surface area contributed by atoms with E-state index in [0.717, 1.165) is 39.5 Å². The maximum Gasteiger partial charge on any atom is 0.120 e. The molecule has 0 spiro atoms. The van der Waals surface area contributed by atoms with Crippen molar-refractivity contribution < 1.29 is 4.74 Å². The number of anilines is 3. The van der Waals surface area contributed by atoms with E-state index in [9.17, 15) is 0 Å². The molecule has 0 saturated heterocycles. The standard InChI is InChI=1S/C37H26N2OS/c1-40-28-14-9-13-26(23-28)39-32-17-7-5-16-30(32)37-33(18-10-19-34(37)39)38(25-11-3-2-4-12-25)27-21-22-36-31(24-27)29-15-6-8-20-35(29)41-36/h2-24H,1H3. The van der Waals surface area contributed by atoms with Gasteiger partial charge >= 0.3 is 0 Å². The number of benzene rings is 6. The molecule has 196 valence electrons. The molecule has 8 aromatic rings. The summed E-state index contributed by atoms with van der Waals surface area (Å²) in [6.07, 6.45) is 0. The molecule has 4 heteroatoms. The summed E-state index contributed by atoms with van der Waals surface area (Å²) in [5, 5.41) is 5.01. The Labute approximate surface area is 242 Å². The van der Waals surface area contributed by atoms with Crippen LogP contribution < -0.4 is 9.64 Å². The van der Waals surface area contributed by atoms with E-state index < -0.39 is 0 Å². The second kappa shape index (κ2) is 9.54. The Morgan fingerprint density at radius 1 is 0.561 bits per heavy atom. The molecule has 0 atom stereocenters. The van der Waals surface area contributed by atoms with Gasteiger partial charge in [-0.2, -0.15) is 0 Å². The monoisotopic (exact) mass is 546 g/mol. The minimum absolute atomic E-state index is 0.840. The van der Waals surface area contributed by atoms with E-state index in [2.05, 4.69) is 143 Å². The molecular weight excluding hydrogens is 520 g/mol. The zero-order chi connectivity index (χ0) is 27.3. The number of para-hydroxylation sites is 2. The Bertz CT molecular complexity index is 2210. The lowest BCUT2D eigenvalue weighted by Gasteiger charge is -2.26. The Morgan fingerprint density at radius 2 is 1.29 bits per heavy atom. The zero-order valence-corrected chi connectivity index (χ0v) is 23.3. The fraction of sp³-hybridized carbons (Fsp3) is 0.0270. The highest BCUT2D eigenvalue weighted by Gasteiger charge is 2.21. The smallest absolute Gasteiger partial charge is 0.120 e. The largest absolute Gasteiger partial charge is 0.497 e. The summed E-state index contributed by atoms with van der Waals surface area (Å²) in [5.74, 6) is 0.840. The van der Waals surface area contributed by atoms with Gasteiger partial charge in [0.05, 0.1) is 23.8 Å². The van der Waals surface area contributed by atoms with Gasteiger partial charge in [0.15, 0.2) is 0 Å². The van der Waals surface area contributed by atoms with Gasteiger partial charge in [0.2, 0.25) is 0 Å². The summed E-state index contributed by atoms with van der Waals surface area (Å²) >= 11 is 1.85. The first-order chi connectivity index (χ1) is 20.3. The number of thiophene rings is 1. The lowest BCUT2D eigenvalue weighted by molar-refractivity contribution is 0.414. The topological polar surface area (TPSA) is 17.4 Å². The van der Waals surface area contributed by atoms with Crippen molar-refractivity contribution in [2.75, 3.05) is 12.0 Å². The maximum absolute atomic E-state index is 5.59. The van der Waals surface area contributed by atoms with E-state index in [-0.39, 0.29) is 0 Å². The van der Waals surface area contributed by atoms with Crippen LogP contribution in [0.15, 0.2) is 140 Å². The number of fused-ring (bicyclic) bond motifs is 6. The number of hydrogen-bond donors (Lipinski definition) is 0. The number of hydrogen-bond acceptors (Lipinski definition) is 3. The second-order valence-electron chi connectivity index (χ2n) is 10.2. The van der Waals surface area contributed by atoms with E-state index in [4.69, 9.17) is 4.74 Å². The van der Waals surface area contributed by atoms with Crippen LogP contribution in [0.2, 0.25) is 0 Å². The third-order valence-corrected chi connectivity index (χ3v) is 9.01. The molecule has 3 nitrogen and oxygen atoms in total. The molecular formula is C37H26N2OS. The lowest BCUT2D eigenvalue weighted by Crippen LogP contribution is -2.10. The summed E-state index contributed by atoms with van der Waals surface area (Å²) in [6.45, 7) is 0. The molecule has 0 bridgehead atoms. The van der Waals surface area contributed by atoms with Crippen molar-refractivity contribution in [2.45, 2.75) is 0 Å². The Hall–Kier alpha value is -5.06. The molecule has 0 saturated carbocycles. The van der Waals surface area contributed by atoms with Crippen molar-refractivity contribution in [3.8, 4) is 11.4 Å². The van der Waals surface area contributed by atoms with E-state index in [1.165, 1.54) is 30.9 Å². The quantitative estimate of drug-likeness (QED) is 0.214. The Kier molecular flexibility index (Phi) is 5.54. The molecule has 0 aliphatic rings. The highest BCUT2D eigenvalue weighted by molar-refractivity contribution is 7.25. The highest BCUT2D eigenvalue weighted by atomic mass is 32.1. The number of ether oxygens (including phenoxy) is 1. The molecule has 8 rings (SSSR count). The maximum atomic E-state index is 5.59. The average Bonchev–Trinajstić information content (AvgIpc) is 3.58. The summed E-state index contributed by atoms with van der Waals surface area (Å²) in [4.78, 5) is 2.40. The van der Waals surface area contributed by atoms with Gasteiger partial charge in [-0.05, 0) is 66.7 Å². The van der Waals surface area contributed by atoms with Crippen LogP contribution >= 0.6 is 11.3 Å². The molecule has 6 aromatic carbocycles. The zero-order valence-electron chi connectivity index (χ0n) is 22.5. The normalized spacial score (nSPS) is 11.5. The van der Waals surface area contributed by atoms with Crippen LogP contribution in [-0.4, -0.2) is 11.7 Å². The molecule has 0 aliphatic heterocycles. The molecule has 0 amide bonds. The van der Waals surface area contributed by atoms with Crippen molar-refractivity contribution in [3.05, 3.63) is 140 Å². The van der Waals surface area contributed by atoms with Crippen LogP contribution in [0.5, 0.6) is 5.75 Å². The predicted molar refractivity (Wildman–Crippen MR) is 175 cm³/mol. The van der Waals surface area contributed by atoms with Gasteiger partial charge in [0.25, 0.3) is 0 Å². The summed E-state index contributed by atoms with van der Waals surface area (Å²) in [7, 11) is 1.72. The van der Waals surface area contributed by atoms with E-state index >= 15 is 0 Å². The van der Waals surface area contributed by atoms with Gasteiger partial charge in [0, 0.05) is 54.1 Å². The fourth-order valence-corrected chi connectivity index (χ4v) is 7.16. The number of rotatable bonds is 5. The van der Waals surface area contributed by atoms with Gasteiger partial charge in [-0.3, -0.25) is 0 Å². The molecule has 0 unspecified atom stereocenters. The van der Waals surface area contributed by atoms with Crippen molar-refractivity contribution in [1.82, 2.24) is 4.57 Å². The average molecular weight is 547 g/mol. The molecule has 0 aliphatic carbocycles. The van der Waals surface area contributed by atoms with Crippen LogP contribution in [0.4, 0.5) is 17.1 Å². The van der Waals surface area contributed by atoms with E-state index in [1.807, 2.05) is 17.4 Å². The number of aromatic nitrogens is 1. The van der Waals surface area contributed by atoms with E-state index in [0.29, 0.717) is 0 Å². The first-order valence-electron chi connectivity index (χ1n) is 13.7. The van der Waals surface area contributed by atoms with E-state index in [1.54, 1.807) is 7.11 Å².